The van der Waals surface area contributed by atoms with Crippen LogP contribution in [0.15, 0.2) is 90.1 Å². The molecule has 1 aliphatic heterocycles. The van der Waals surface area contributed by atoms with Crippen molar-refractivity contribution in [2.75, 3.05) is 36.0 Å². The van der Waals surface area contributed by atoms with Crippen molar-refractivity contribution in [3.63, 3.8) is 0 Å². The molecule has 0 spiro atoms. The van der Waals surface area contributed by atoms with Crippen LogP contribution in [-0.4, -0.2) is 56.8 Å². The lowest BCUT2D eigenvalue weighted by atomic mass is 10.1. The fraction of sp³-hybridized carbons (Fsp3) is 0.172. The standard InChI is InChI=1S/C29H25FN6O3/c30-25-16-23-26(17-27(25)34-13-11-33(12-14-34)21-6-2-1-3-7-21)35(19-24(28(23)37)29(38)39)22-8-4-5-20(15-22)18-36-31-9-10-32-36/h1-10,15-17,19H,11-14,18H2,(H,38,39). The average molecular weight is 525 g/mol. The molecule has 0 aliphatic carbocycles. The molecule has 196 valence electrons. The minimum atomic E-state index is -1.37. The van der Waals surface area contributed by atoms with Gasteiger partial charge in [0.05, 0.1) is 30.1 Å². The summed E-state index contributed by atoms with van der Waals surface area (Å²) in [4.78, 5) is 30.8. The number of pyridine rings is 1. The van der Waals surface area contributed by atoms with Gasteiger partial charge < -0.3 is 19.5 Å². The van der Waals surface area contributed by atoms with Crippen LogP contribution in [0.3, 0.4) is 0 Å². The number of hydrogen-bond donors (Lipinski definition) is 1. The molecule has 0 unspecified atom stereocenters. The zero-order chi connectivity index (χ0) is 26.9. The molecule has 1 fully saturated rings. The number of fused-ring (bicyclic) bond motifs is 1. The van der Waals surface area contributed by atoms with Crippen molar-refractivity contribution in [2.24, 2.45) is 0 Å². The largest absolute Gasteiger partial charge is 0.477 e. The molecule has 9 nitrogen and oxygen atoms in total. The topological polar surface area (TPSA) is 96.5 Å². The Bertz CT molecular complexity index is 1710. The molecule has 0 radical (unpaired) electrons. The van der Waals surface area contributed by atoms with Gasteiger partial charge in [-0.15, -0.1) is 0 Å². The maximum Gasteiger partial charge on any atom is 0.341 e. The Labute approximate surface area is 222 Å². The van der Waals surface area contributed by atoms with Crippen LogP contribution in [0.2, 0.25) is 0 Å². The molecule has 10 heteroatoms. The molecule has 0 atom stereocenters. The van der Waals surface area contributed by atoms with Gasteiger partial charge >= 0.3 is 5.97 Å². The Balaban J connectivity index is 1.41. The van der Waals surface area contributed by atoms with Crippen LogP contribution in [0.1, 0.15) is 15.9 Å². The van der Waals surface area contributed by atoms with Crippen LogP contribution >= 0.6 is 0 Å². The molecule has 6 rings (SSSR count). The quantitative estimate of drug-likeness (QED) is 0.361. The van der Waals surface area contributed by atoms with Gasteiger partial charge in [-0.2, -0.15) is 15.0 Å². The van der Waals surface area contributed by atoms with Gasteiger partial charge in [-0.25, -0.2) is 9.18 Å². The van der Waals surface area contributed by atoms with Crippen molar-refractivity contribution in [1.82, 2.24) is 19.6 Å². The lowest BCUT2D eigenvalue weighted by Gasteiger charge is -2.37. The minimum absolute atomic E-state index is 0.0122. The lowest BCUT2D eigenvalue weighted by molar-refractivity contribution is 0.0695. The van der Waals surface area contributed by atoms with Gasteiger partial charge in [-0.1, -0.05) is 30.3 Å². The number of nitrogens with zero attached hydrogens (tertiary/aromatic N) is 6. The van der Waals surface area contributed by atoms with Gasteiger partial charge in [-0.3, -0.25) is 4.79 Å². The normalized spacial score (nSPS) is 13.7. The van der Waals surface area contributed by atoms with E-state index in [0.29, 0.717) is 36.5 Å². The first-order valence-corrected chi connectivity index (χ1v) is 12.6. The van der Waals surface area contributed by atoms with Gasteiger partial charge in [0.2, 0.25) is 5.43 Å². The fourth-order valence-corrected chi connectivity index (χ4v) is 5.08. The fourth-order valence-electron chi connectivity index (χ4n) is 5.08. The van der Waals surface area contributed by atoms with Crippen LogP contribution in [0.4, 0.5) is 15.8 Å². The van der Waals surface area contributed by atoms with Crippen LogP contribution in [0, 0.1) is 5.82 Å². The highest BCUT2D eigenvalue weighted by Crippen LogP contribution is 2.29. The number of para-hydroxylation sites is 1. The van der Waals surface area contributed by atoms with Gasteiger partial charge in [0, 0.05) is 49.1 Å². The number of carboxylic acids is 1. The number of piperazine rings is 1. The first-order chi connectivity index (χ1) is 19.0. The molecule has 0 saturated carbocycles. The van der Waals surface area contributed by atoms with Crippen LogP contribution < -0.4 is 15.2 Å². The number of aromatic carboxylic acids is 1. The third-order valence-corrected chi connectivity index (χ3v) is 7.02. The number of halogens is 1. The van der Waals surface area contributed by atoms with Crippen molar-refractivity contribution < 1.29 is 14.3 Å². The van der Waals surface area contributed by atoms with E-state index >= 15 is 4.39 Å². The third-order valence-electron chi connectivity index (χ3n) is 7.02. The van der Waals surface area contributed by atoms with E-state index in [1.165, 1.54) is 11.0 Å². The third kappa shape index (κ3) is 4.72. The molecular formula is C29H25FN6O3. The Hall–Kier alpha value is -4.99. The summed E-state index contributed by atoms with van der Waals surface area (Å²) < 4.78 is 17.1. The highest BCUT2D eigenvalue weighted by atomic mass is 19.1. The molecule has 0 amide bonds. The summed E-state index contributed by atoms with van der Waals surface area (Å²) in [5.41, 5.74) is 2.31. The summed E-state index contributed by atoms with van der Waals surface area (Å²) in [6, 6.07) is 20.3. The smallest absolute Gasteiger partial charge is 0.341 e. The van der Waals surface area contributed by atoms with E-state index in [4.69, 9.17) is 0 Å². The Morgan fingerprint density at radius 3 is 2.28 bits per heavy atom. The summed E-state index contributed by atoms with van der Waals surface area (Å²) in [6.45, 7) is 3.05. The van der Waals surface area contributed by atoms with Gasteiger partial charge in [0.1, 0.15) is 11.4 Å². The molecule has 1 saturated heterocycles. The highest BCUT2D eigenvalue weighted by Gasteiger charge is 2.23. The monoisotopic (exact) mass is 524 g/mol. The van der Waals surface area contributed by atoms with Crippen LogP contribution in [-0.2, 0) is 6.54 Å². The molecule has 5 aromatic rings. The van der Waals surface area contributed by atoms with E-state index < -0.39 is 22.8 Å². The predicted molar refractivity (Wildman–Crippen MR) is 146 cm³/mol. The van der Waals surface area contributed by atoms with Crippen molar-refractivity contribution in [2.45, 2.75) is 6.54 Å². The van der Waals surface area contributed by atoms with E-state index in [1.807, 2.05) is 47.4 Å². The number of rotatable bonds is 6. The molecule has 1 aliphatic rings. The minimum Gasteiger partial charge on any atom is -0.477 e. The summed E-state index contributed by atoms with van der Waals surface area (Å²) in [7, 11) is 0. The summed E-state index contributed by atoms with van der Waals surface area (Å²) >= 11 is 0. The maximum atomic E-state index is 15.5. The molecule has 3 heterocycles. The molecular weight excluding hydrogens is 499 g/mol. The van der Waals surface area contributed by atoms with Crippen LogP contribution in [0.5, 0.6) is 0 Å². The van der Waals surface area contributed by atoms with E-state index in [2.05, 4.69) is 27.2 Å². The van der Waals surface area contributed by atoms with Crippen molar-refractivity contribution in [3.8, 4) is 5.69 Å². The van der Waals surface area contributed by atoms with Crippen molar-refractivity contribution in [3.05, 3.63) is 112 Å². The second-order valence-corrected chi connectivity index (χ2v) is 9.41. The highest BCUT2D eigenvalue weighted by molar-refractivity contribution is 5.94. The summed E-state index contributed by atoms with van der Waals surface area (Å²) in [5, 5.41) is 18.0. The molecule has 0 bridgehead atoms. The predicted octanol–water partition coefficient (Wildman–Crippen LogP) is 3.79. The van der Waals surface area contributed by atoms with E-state index in [9.17, 15) is 14.7 Å². The van der Waals surface area contributed by atoms with Crippen LogP contribution in [0.25, 0.3) is 16.6 Å². The number of hydrogen-bond acceptors (Lipinski definition) is 6. The zero-order valence-electron chi connectivity index (χ0n) is 20.9. The number of aromatic nitrogens is 4. The molecule has 2 aromatic heterocycles. The van der Waals surface area contributed by atoms with Gasteiger partial charge in [0.15, 0.2) is 0 Å². The molecule has 39 heavy (non-hydrogen) atoms. The Morgan fingerprint density at radius 1 is 0.872 bits per heavy atom. The van der Waals surface area contributed by atoms with Gasteiger partial charge in [0.25, 0.3) is 0 Å². The number of benzene rings is 3. The van der Waals surface area contributed by atoms with E-state index in [-0.39, 0.29) is 5.39 Å². The van der Waals surface area contributed by atoms with Crippen molar-refractivity contribution >= 4 is 28.2 Å². The first kappa shape index (κ1) is 24.4. The Kier molecular flexibility index (Phi) is 6.28. The second kappa shape index (κ2) is 10.1. The zero-order valence-corrected chi connectivity index (χ0v) is 20.9. The number of carboxylic acid groups (broad SMARTS) is 1. The number of anilines is 2. The summed E-state index contributed by atoms with van der Waals surface area (Å²) in [5.74, 6) is -1.92. The summed E-state index contributed by atoms with van der Waals surface area (Å²) in [6.07, 6.45) is 4.50. The van der Waals surface area contributed by atoms with E-state index in [1.54, 1.807) is 23.0 Å². The lowest BCUT2D eigenvalue weighted by Crippen LogP contribution is -2.46. The Morgan fingerprint density at radius 2 is 1.56 bits per heavy atom. The van der Waals surface area contributed by atoms with E-state index in [0.717, 1.165) is 30.4 Å². The second-order valence-electron chi connectivity index (χ2n) is 9.41. The molecule has 1 N–H and O–H groups in total. The first-order valence-electron chi connectivity index (χ1n) is 12.6. The SMILES string of the molecule is O=C(O)c1cn(-c2cccc(Cn3nccn3)c2)c2cc(N3CCN(c4ccccc4)CC3)c(F)cc2c1=O. The van der Waals surface area contributed by atoms with Gasteiger partial charge in [-0.05, 0) is 42.0 Å². The average Bonchev–Trinajstić information content (AvgIpc) is 3.47. The van der Waals surface area contributed by atoms with Crippen molar-refractivity contribution in [1.29, 1.82) is 0 Å². The number of carbonyl (C=O) groups is 1. The molecule has 3 aromatic carbocycles. The maximum absolute atomic E-state index is 15.5.